The fourth-order valence-corrected chi connectivity index (χ4v) is 6.19. The van der Waals surface area contributed by atoms with Crippen molar-refractivity contribution < 1.29 is 0 Å². The molecule has 0 saturated heterocycles. The highest BCUT2D eigenvalue weighted by atomic mass is 32.2. The van der Waals surface area contributed by atoms with Crippen molar-refractivity contribution in [2.24, 2.45) is 0 Å². The molecule has 0 saturated carbocycles. The fraction of sp³-hybridized carbons (Fsp3) is 0. The Balaban J connectivity index is 1.30. The number of rotatable bonds is 3. The SMILES string of the molecule is c1ccc2c(Sc3ccc4c(ccc5cc(-c6cccc7ccccc67)ccc54)c3)cccc2c1. The van der Waals surface area contributed by atoms with Gasteiger partial charge in [0.05, 0.1) is 0 Å². The zero-order valence-electron chi connectivity index (χ0n) is 19.1. The number of fused-ring (bicyclic) bond motifs is 5. The lowest BCUT2D eigenvalue weighted by molar-refractivity contribution is 1.47. The zero-order chi connectivity index (χ0) is 23.2. The number of hydrogen-bond donors (Lipinski definition) is 0. The zero-order valence-corrected chi connectivity index (χ0v) is 19.9. The van der Waals surface area contributed by atoms with E-state index in [9.17, 15) is 0 Å². The monoisotopic (exact) mass is 462 g/mol. The molecule has 0 spiro atoms. The molecular formula is C34H22S. The van der Waals surface area contributed by atoms with E-state index in [1.807, 2.05) is 11.8 Å². The highest BCUT2D eigenvalue weighted by Crippen LogP contribution is 2.37. The fourth-order valence-electron chi connectivity index (χ4n) is 5.17. The normalized spacial score (nSPS) is 11.5. The van der Waals surface area contributed by atoms with Gasteiger partial charge in [-0.3, -0.25) is 0 Å². The maximum absolute atomic E-state index is 2.33. The molecule has 0 fully saturated rings. The standard InChI is InChI=1S/C34H22S/c1-3-11-29-23(7-1)9-5-13-30(29)26-17-19-31-25(21-26)15-16-27-22-28(18-20-32(27)31)35-34-14-6-10-24-8-2-4-12-33(24)34/h1-22H. The number of benzene rings is 7. The van der Waals surface area contributed by atoms with Crippen molar-refractivity contribution >= 4 is 54.9 Å². The Morgan fingerprint density at radius 1 is 0.371 bits per heavy atom. The first-order valence-corrected chi connectivity index (χ1v) is 12.8. The quantitative estimate of drug-likeness (QED) is 0.235. The van der Waals surface area contributed by atoms with Gasteiger partial charge in [0.1, 0.15) is 0 Å². The summed E-state index contributed by atoms with van der Waals surface area (Å²) in [7, 11) is 0. The minimum atomic E-state index is 1.26. The van der Waals surface area contributed by atoms with Gasteiger partial charge in [-0.15, -0.1) is 0 Å². The van der Waals surface area contributed by atoms with Crippen LogP contribution in [-0.4, -0.2) is 0 Å². The van der Waals surface area contributed by atoms with Gasteiger partial charge in [-0.25, -0.2) is 0 Å². The largest absolute Gasteiger partial charge is 0.0894 e. The molecule has 1 heteroatoms. The molecule has 7 aromatic carbocycles. The van der Waals surface area contributed by atoms with Crippen LogP contribution in [0.2, 0.25) is 0 Å². The second-order valence-electron chi connectivity index (χ2n) is 8.99. The van der Waals surface area contributed by atoms with Crippen LogP contribution in [0.5, 0.6) is 0 Å². The molecule has 0 amide bonds. The summed E-state index contributed by atoms with van der Waals surface area (Å²) in [6.45, 7) is 0. The van der Waals surface area contributed by atoms with E-state index in [1.165, 1.54) is 64.0 Å². The van der Waals surface area contributed by atoms with Crippen LogP contribution in [0.1, 0.15) is 0 Å². The van der Waals surface area contributed by atoms with Crippen LogP contribution in [0.3, 0.4) is 0 Å². The molecule has 164 valence electrons. The Bertz CT molecular complexity index is 1870. The van der Waals surface area contributed by atoms with Crippen LogP contribution in [0.4, 0.5) is 0 Å². The first-order valence-electron chi connectivity index (χ1n) is 11.9. The molecule has 0 aromatic heterocycles. The lowest BCUT2D eigenvalue weighted by atomic mass is 9.94. The third-order valence-electron chi connectivity index (χ3n) is 6.89. The summed E-state index contributed by atoms with van der Waals surface area (Å²) in [4.78, 5) is 2.56. The molecule has 7 rings (SSSR count). The van der Waals surface area contributed by atoms with Gasteiger partial charge in [-0.2, -0.15) is 0 Å². The average Bonchev–Trinajstić information content (AvgIpc) is 2.92. The lowest BCUT2D eigenvalue weighted by Gasteiger charge is -2.11. The summed E-state index contributed by atoms with van der Waals surface area (Å²) in [5, 5.41) is 10.3. The maximum Gasteiger partial charge on any atom is 0.0200 e. The molecule has 0 N–H and O–H groups in total. The lowest BCUT2D eigenvalue weighted by Crippen LogP contribution is -1.84. The Hall–Kier alpha value is -4.07. The molecule has 0 aliphatic rings. The van der Waals surface area contributed by atoms with E-state index in [0.717, 1.165) is 0 Å². The van der Waals surface area contributed by atoms with Gasteiger partial charge in [-0.05, 0) is 78.5 Å². The van der Waals surface area contributed by atoms with Crippen LogP contribution in [-0.2, 0) is 0 Å². The predicted molar refractivity (Wildman–Crippen MR) is 152 cm³/mol. The molecule has 7 aromatic rings. The van der Waals surface area contributed by atoms with Crippen molar-refractivity contribution in [2.45, 2.75) is 9.79 Å². The van der Waals surface area contributed by atoms with Gasteiger partial charge in [0, 0.05) is 9.79 Å². The summed E-state index contributed by atoms with van der Waals surface area (Å²) in [6.07, 6.45) is 0. The smallest absolute Gasteiger partial charge is 0.0200 e. The van der Waals surface area contributed by atoms with Crippen molar-refractivity contribution in [3.8, 4) is 11.1 Å². The van der Waals surface area contributed by atoms with Crippen molar-refractivity contribution in [3.63, 3.8) is 0 Å². The van der Waals surface area contributed by atoms with Gasteiger partial charge < -0.3 is 0 Å². The molecular weight excluding hydrogens is 440 g/mol. The van der Waals surface area contributed by atoms with E-state index in [2.05, 4.69) is 133 Å². The van der Waals surface area contributed by atoms with E-state index in [4.69, 9.17) is 0 Å². The summed E-state index contributed by atoms with van der Waals surface area (Å²) < 4.78 is 0. The molecule has 0 unspecified atom stereocenters. The topological polar surface area (TPSA) is 0 Å². The molecule has 35 heavy (non-hydrogen) atoms. The Kier molecular flexibility index (Phi) is 4.82. The van der Waals surface area contributed by atoms with Gasteiger partial charge in [0.2, 0.25) is 0 Å². The summed E-state index contributed by atoms with van der Waals surface area (Å²) in [5.74, 6) is 0. The van der Waals surface area contributed by atoms with Crippen LogP contribution in [0.25, 0.3) is 54.2 Å². The second-order valence-corrected chi connectivity index (χ2v) is 10.1. The summed E-state index contributed by atoms with van der Waals surface area (Å²) >= 11 is 1.84. The summed E-state index contributed by atoms with van der Waals surface area (Å²) in [6, 6.07) is 48.6. The van der Waals surface area contributed by atoms with E-state index >= 15 is 0 Å². The molecule has 0 bridgehead atoms. The Labute approximate surface area is 208 Å². The molecule has 0 atom stereocenters. The predicted octanol–water partition coefficient (Wildman–Crippen LogP) is 10.1. The summed E-state index contributed by atoms with van der Waals surface area (Å²) in [5.41, 5.74) is 2.55. The van der Waals surface area contributed by atoms with Crippen molar-refractivity contribution in [1.29, 1.82) is 0 Å². The third-order valence-corrected chi connectivity index (χ3v) is 7.95. The Morgan fingerprint density at radius 3 is 1.83 bits per heavy atom. The van der Waals surface area contributed by atoms with Crippen LogP contribution in [0.15, 0.2) is 143 Å². The van der Waals surface area contributed by atoms with E-state index in [0.29, 0.717) is 0 Å². The van der Waals surface area contributed by atoms with Crippen molar-refractivity contribution in [2.75, 3.05) is 0 Å². The highest BCUT2D eigenvalue weighted by molar-refractivity contribution is 7.99. The maximum atomic E-state index is 2.33. The third kappa shape index (κ3) is 3.56. The molecule has 0 heterocycles. The van der Waals surface area contributed by atoms with Gasteiger partial charge >= 0.3 is 0 Å². The average molecular weight is 463 g/mol. The Morgan fingerprint density at radius 2 is 1.00 bits per heavy atom. The van der Waals surface area contributed by atoms with Crippen LogP contribution in [0, 0.1) is 0 Å². The molecule has 0 aliphatic carbocycles. The van der Waals surface area contributed by atoms with E-state index in [1.54, 1.807) is 0 Å². The minimum Gasteiger partial charge on any atom is -0.0894 e. The van der Waals surface area contributed by atoms with Crippen molar-refractivity contribution in [3.05, 3.63) is 133 Å². The first kappa shape index (κ1) is 20.3. The number of hydrogen-bond acceptors (Lipinski definition) is 1. The molecule has 0 radical (unpaired) electrons. The van der Waals surface area contributed by atoms with Gasteiger partial charge in [-0.1, -0.05) is 121 Å². The minimum absolute atomic E-state index is 1.26. The molecule has 0 aliphatic heterocycles. The van der Waals surface area contributed by atoms with Gasteiger partial charge in [0.25, 0.3) is 0 Å². The van der Waals surface area contributed by atoms with Crippen molar-refractivity contribution in [1.82, 2.24) is 0 Å². The van der Waals surface area contributed by atoms with Gasteiger partial charge in [0.15, 0.2) is 0 Å². The molecule has 0 nitrogen and oxygen atoms in total. The van der Waals surface area contributed by atoms with E-state index in [-0.39, 0.29) is 0 Å². The van der Waals surface area contributed by atoms with E-state index < -0.39 is 0 Å². The van der Waals surface area contributed by atoms with Crippen LogP contribution < -0.4 is 0 Å². The van der Waals surface area contributed by atoms with Crippen LogP contribution >= 0.6 is 11.8 Å². The highest BCUT2D eigenvalue weighted by Gasteiger charge is 2.08. The first-order chi connectivity index (χ1) is 17.3. The second kappa shape index (κ2) is 8.30.